The highest BCUT2D eigenvalue weighted by Crippen LogP contribution is 2.18. The van der Waals surface area contributed by atoms with Crippen LogP contribution in [0.4, 0.5) is 20.6 Å². The van der Waals surface area contributed by atoms with Crippen molar-refractivity contribution >= 4 is 40.6 Å². The van der Waals surface area contributed by atoms with Crippen molar-refractivity contribution in [1.82, 2.24) is 15.8 Å². The summed E-state index contributed by atoms with van der Waals surface area (Å²) in [6, 6.07) is 15.0. The molecule has 0 saturated carbocycles. The van der Waals surface area contributed by atoms with Gasteiger partial charge in [-0.25, -0.2) is 9.18 Å². The number of urea groups is 1. The molecule has 1 aliphatic rings. The highest BCUT2D eigenvalue weighted by molar-refractivity contribution is 7.80. The van der Waals surface area contributed by atoms with Gasteiger partial charge >= 0.3 is 6.03 Å². The van der Waals surface area contributed by atoms with Crippen molar-refractivity contribution in [3.05, 3.63) is 60.4 Å². The minimum absolute atomic E-state index is 0.0675. The summed E-state index contributed by atoms with van der Waals surface area (Å²) in [6.07, 6.45) is 1.38. The molecule has 7 nitrogen and oxygen atoms in total. The average Bonchev–Trinajstić information content (AvgIpc) is 2.74. The Labute approximate surface area is 173 Å². The van der Waals surface area contributed by atoms with E-state index >= 15 is 0 Å². The van der Waals surface area contributed by atoms with Crippen LogP contribution in [0.2, 0.25) is 0 Å². The van der Waals surface area contributed by atoms with E-state index in [1.54, 1.807) is 29.2 Å². The molecular weight excluding hydrogens is 393 g/mol. The second kappa shape index (κ2) is 9.83. The number of anilines is 2. The first kappa shape index (κ1) is 20.5. The molecule has 1 aliphatic heterocycles. The highest BCUT2D eigenvalue weighted by Gasteiger charge is 2.28. The second-order valence-electron chi connectivity index (χ2n) is 6.63. The first-order valence-corrected chi connectivity index (χ1v) is 9.66. The summed E-state index contributed by atoms with van der Waals surface area (Å²) < 4.78 is 13.6. The monoisotopic (exact) mass is 415 g/mol. The van der Waals surface area contributed by atoms with Crippen LogP contribution in [0.1, 0.15) is 12.8 Å². The Morgan fingerprint density at radius 3 is 2.48 bits per heavy atom. The lowest BCUT2D eigenvalue weighted by molar-refractivity contribution is -0.126. The lowest BCUT2D eigenvalue weighted by Crippen LogP contribution is -2.51. The number of piperidine rings is 1. The van der Waals surface area contributed by atoms with E-state index in [9.17, 15) is 14.0 Å². The SMILES string of the molecule is O=C(NNC(=S)Nc1ccccc1F)[C@H]1CCCN(C(=O)Nc2ccccc2)C1. The van der Waals surface area contributed by atoms with Gasteiger partial charge in [-0.05, 0) is 49.3 Å². The van der Waals surface area contributed by atoms with Gasteiger partial charge in [0, 0.05) is 18.8 Å². The first-order chi connectivity index (χ1) is 14.0. The van der Waals surface area contributed by atoms with Crippen LogP contribution in [0.3, 0.4) is 0 Å². The molecule has 4 N–H and O–H groups in total. The van der Waals surface area contributed by atoms with Crippen molar-refractivity contribution in [3.8, 4) is 0 Å². The van der Waals surface area contributed by atoms with Gasteiger partial charge in [-0.1, -0.05) is 30.3 Å². The second-order valence-corrected chi connectivity index (χ2v) is 7.04. The number of thiocarbonyl (C=S) groups is 1. The quantitative estimate of drug-likeness (QED) is 0.457. The van der Waals surface area contributed by atoms with Gasteiger partial charge in [0.25, 0.3) is 0 Å². The molecule has 0 spiro atoms. The summed E-state index contributed by atoms with van der Waals surface area (Å²) in [4.78, 5) is 26.5. The third-order valence-corrected chi connectivity index (χ3v) is 4.73. The molecule has 0 aliphatic carbocycles. The number of halogens is 1. The number of carbonyl (C=O) groups excluding carboxylic acids is 2. The van der Waals surface area contributed by atoms with Crippen molar-refractivity contribution in [2.45, 2.75) is 12.8 Å². The Balaban J connectivity index is 1.47. The minimum Gasteiger partial charge on any atom is -0.329 e. The van der Waals surface area contributed by atoms with Crippen LogP contribution in [-0.2, 0) is 4.79 Å². The van der Waals surface area contributed by atoms with Gasteiger partial charge in [0.2, 0.25) is 5.91 Å². The Bertz CT molecular complexity index is 880. The van der Waals surface area contributed by atoms with Crippen LogP contribution in [-0.4, -0.2) is 35.0 Å². The van der Waals surface area contributed by atoms with E-state index in [0.29, 0.717) is 25.2 Å². The number of nitrogens with zero attached hydrogens (tertiary/aromatic N) is 1. The maximum absolute atomic E-state index is 13.6. The fraction of sp³-hybridized carbons (Fsp3) is 0.250. The summed E-state index contributed by atoms with van der Waals surface area (Å²) in [7, 11) is 0. The molecule has 3 rings (SSSR count). The normalized spacial score (nSPS) is 15.9. The van der Waals surface area contributed by atoms with E-state index < -0.39 is 5.82 Å². The molecule has 1 heterocycles. The van der Waals surface area contributed by atoms with E-state index in [4.69, 9.17) is 12.2 Å². The number of hydrazine groups is 1. The smallest absolute Gasteiger partial charge is 0.321 e. The summed E-state index contributed by atoms with van der Waals surface area (Å²) in [5.41, 5.74) is 6.01. The van der Waals surface area contributed by atoms with Gasteiger partial charge in [-0.2, -0.15) is 0 Å². The van der Waals surface area contributed by atoms with Crippen molar-refractivity contribution in [3.63, 3.8) is 0 Å². The van der Waals surface area contributed by atoms with Gasteiger partial charge in [-0.15, -0.1) is 0 Å². The van der Waals surface area contributed by atoms with Crippen molar-refractivity contribution < 1.29 is 14.0 Å². The Morgan fingerprint density at radius 1 is 1.00 bits per heavy atom. The maximum atomic E-state index is 13.6. The van der Waals surface area contributed by atoms with E-state index in [1.807, 2.05) is 18.2 Å². The van der Waals surface area contributed by atoms with Crippen LogP contribution in [0.25, 0.3) is 0 Å². The number of likely N-dealkylation sites (tertiary alicyclic amines) is 1. The molecule has 0 radical (unpaired) electrons. The molecule has 152 valence electrons. The van der Waals surface area contributed by atoms with E-state index in [1.165, 1.54) is 12.1 Å². The molecule has 1 saturated heterocycles. The number of para-hydroxylation sites is 2. The zero-order chi connectivity index (χ0) is 20.6. The summed E-state index contributed by atoms with van der Waals surface area (Å²) in [5.74, 6) is -1.09. The topological polar surface area (TPSA) is 85.5 Å². The summed E-state index contributed by atoms with van der Waals surface area (Å²) in [5, 5.41) is 5.57. The van der Waals surface area contributed by atoms with Gasteiger partial charge < -0.3 is 15.5 Å². The number of nitrogens with one attached hydrogen (secondary N) is 4. The van der Waals surface area contributed by atoms with E-state index in [2.05, 4.69) is 21.5 Å². The third-order valence-electron chi connectivity index (χ3n) is 4.53. The van der Waals surface area contributed by atoms with E-state index in [0.717, 1.165) is 6.42 Å². The predicted octanol–water partition coefficient (Wildman–Crippen LogP) is 3.09. The molecule has 1 fully saturated rings. The molecule has 0 unspecified atom stereocenters. The van der Waals surface area contributed by atoms with Gasteiger partial charge in [0.15, 0.2) is 5.11 Å². The number of benzene rings is 2. The van der Waals surface area contributed by atoms with Crippen molar-refractivity contribution in [1.29, 1.82) is 0 Å². The van der Waals surface area contributed by atoms with E-state index in [-0.39, 0.29) is 28.7 Å². The number of rotatable bonds is 3. The zero-order valence-corrected chi connectivity index (χ0v) is 16.5. The average molecular weight is 415 g/mol. The van der Waals surface area contributed by atoms with Crippen LogP contribution >= 0.6 is 12.2 Å². The molecule has 3 amide bonds. The Hall–Kier alpha value is -3.20. The van der Waals surface area contributed by atoms with Crippen LogP contribution < -0.4 is 21.5 Å². The number of carbonyl (C=O) groups is 2. The molecular formula is C20H22FN5O2S. The molecule has 2 aromatic rings. The maximum Gasteiger partial charge on any atom is 0.321 e. The molecule has 29 heavy (non-hydrogen) atoms. The fourth-order valence-corrected chi connectivity index (χ4v) is 3.20. The summed E-state index contributed by atoms with van der Waals surface area (Å²) in [6.45, 7) is 0.892. The van der Waals surface area contributed by atoms with Gasteiger partial charge in [0.05, 0.1) is 11.6 Å². The van der Waals surface area contributed by atoms with Crippen molar-refractivity contribution in [2.75, 3.05) is 23.7 Å². The standard InChI is InChI=1S/C20H22FN5O2S/c21-16-10-4-5-11-17(16)23-19(29)25-24-18(27)14-7-6-12-26(13-14)20(28)22-15-8-2-1-3-9-15/h1-5,8-11,14H,6-7,12-13H2,(H,22,28)(H,24,27)(H2,23,25,29)/t14-/m0/s1. The van der Waals surface area contributed by atoms with Crippen molar-refractivity contribution in [2.24, 2.45) is 5.92 Å². The number of hydrogen-bond acceptors (Lipinski definition) is 3. The predicted molar refractivity (Wildman–Crippen MR) is 114 cm³/mol. The van der Waals surface area contributed by atoms with Crippen LogP contribution in [0.5, 0.6) is 0 Å². The minimum atomic E-state index is -0.449. The fourth-order valence-electron chi connectivity index (χ4n) is 3.04. The lowest BCUT2D eigenvalue weighted by atomic mass is 9.98. The number of hydrogen-bond donors (Lipinski definition) is 4. The lowest BCUT2D eigenvalue weighted by Gasteiger charge is -2.32. The molecule has 9 heteroatoms. The van der Waals surface area contributed by atoms with Gasteiger partial charge in [0.1, 0.15) is 5.82 Å². The summed E-state index contributed by atoms with van der Waals surface area (Å²) >= 11 is 5.07. The van der Waals surface area contributed by atoms with Crippen LogP contribution in [0, 0.1) is 11.7 Å². The zero-order valence-electron chi connectivity index (χ0n) is 15.7. The molecule has 0 bridgehead atoms. The Morgan fingerprint density at radius 2 is 1.72 bits per heavy atom. The first-order valence-electron chi connectivity index (χ1n) is 9.25. The van der Waals surface area contributed by atoms with Crippen LogP contribution in [0.15, 0.2) is 54.6 Å². The van der Waals surface area contributed by atoms with Gasteiger partial charge in [-0.3, -0.25) is 15.6 Å². The third kappa shape index (κ3) is 5.89. The largest absolute Gasteiger partial charge is 0.329 e. The molecule has 0 aromatic heterocycles. The number of amides is 3. The molecule has 2 aromatic carbocycles. The highest BCUT2D eigenvalue weighted by atomic mass is 32.1. The Kier molecular flexibility index (Phi) is 6.96. The molecule has 1 atom stereocenters.